The zero-order chi connectivity index (χ0) is 24.9. The van der Waals surface area contributed by atoms with Crippen molar-refractivity contribution >= 4 is 28.7 Å². The van der Waals surface area contributed by atoms with E-state index in [1.165, 1.54) is 0 Å². The van der Waals surface area contributed by atoms with E-state index < -0.39 is 0 Å². The summed E-state index contributed by atoms with van der Waals surface area (Å²) in [6.07, 6.45) is 7.05. The minimum atomic E-state index is -0.233. The van der Waals surface area contributed by atoms with Gasteiger partial charge in [-0.15, -0.1) is 0 Å². The van der Waals surface area contributed by atoms with Crippen LogP contribution in [0.1, 0.15) is 51.5 Å². The summed E-state index contributed by atoms with van der Waals surface area (Å²) in [5.74, 6) is 0.612. The predicted octanol–water partition coefficient (Wildman–Crippen LogP) is 4.05. The monoisotopic (exact) mass is 493 g/mol. The number of fused-ring (bicyclic) bond motifs is 1. The molecule has 2 aliphatic rings. The molecule has 0 unspecified atom stereocenters. The second-order valence-corrected chi connectivity index (χ2v) is 9.57. The molecule has 2 aromatic heterocycles. The standard InChI is InChI=1S/C26H35N7O3/c1-2-3-12-27-25-28-17-22-23(31-33(24(22)30-25)20-8-10-21(34)11-9-20)18-4-6-19(7-5-18)29-26(35)32-13-15-36-16-14-32/h4-7,17,20-21,34H,2-3,8-16H2,1H3,(H,29,35)(H,27,28,30)/t20-,21+. The Morgan fingerprint density at radius 3 is 2.61 bits per heavy atom. The molecule has 36 heavy (non-hydrogen) atoms. The van der Waals surface area contributed by atoms with Crippen LogP contribution in [0.15, 0.2) is 30.5 Å². The number of aliphatic hydroxyl groups excluding tert-OH is 1. The van der Waals surface area contributed by atoms with E-state index in [1.807, 2.05) is 35.1 Å². The molecular weight excluding hydrogens is 458 g/mol. The Labute approximate surface area is 211 Å². The predicted molar refractivity (Wildman–Crippen MR) is 139 cm³/mol. The van der Waals surface area contributed by atoms with Crippen LogP contribution in [0, 0.1) is 0 Å². The van der Waals surface area contributed by atoms with Gasteiger partial charge < -0.3 is 25.4 Å². The maximum atomic E-state index is 12.5. The van der Waals surface area contributed by atoms with Gasteiger partial charge in [-0.05, 0) is 44.2 Å². The topological polar surface area (TPSA) is 117 Å². The van der Waals surface area contributed by atoms with Crippen molar-refractivity contribution < 1.29 is 14.6 Å². The van der Waals surface area contributed by atoms with Gasteiger partial charge in [0.25, 0.3) is 0 Å². The fourth-order valence-electron chi connectivity index (χ4n) is 4.84. The van der Waals surface area contributed by atoms with E-state index in [1.54, 1.807) is 4.90 Å². The molecule has 10 heteroatoms. The van der Waals surface area contributed by atoms with Crippen LogP contribution in [-0.4, -0.2) is 74.7 Å². The average molecular weight is 494 g/mol. The van der Waals surface area contributed by atoms with Crippen LogP contribution in [0.3, 0.4) is 0 Å². The van der Waals surface area contributed by atoms with Gasteiger partial charge in [-0.2, -0.15) is 10.1 Å². The van der Waals surface area contributed by atoms with Gasteiger partial charge in [0, 0.05) is 37.1 Å². The number of nitrogens with one attached hydrogen (secondary N) is 2. The number of morpholine rings is 1. The molecule has 0 atom stereocenters. The molecule has 1 saturated carbocycles. The highest BCUT2D eigenvalue weighted by Gasteiger charge is 2.26. The number of anilines is 2. The molecule has 0 radical (unpaired) electrons. The normalized spacial score (nSPS) is 20.4. The van der Waals surface area contributed by atoms with Crippen LogP contribution in [0.2, 0.25) is 0 Å². The summed E-state index contributed by atoms with van der Waals surface area (Å²) in [4.78, 5) is 23.7. The summed E-state index contributed by atoms with van der Waals surface area (Å²) in [6.45, 7) is 5.32. The summed E-state index contributed by atoms with van der Waals surface area (Å²) in [5.41, 5.74) is 3.31. The molecule has 1 aromatic carbocycles. The number of hydrogen-bond acceptors (Lipinski definition) is 7. The molecule has 2 fully saturated rings. The smallest absolute Gasteiger partial charge is 0.321 e. The summed E-state index contributed by atoms with van der Waals surface area (Å²) >= 11 is 0. The van der Waals surface area contributed by atoms with Crippen molar-refractivity contribution in [2.45, 2.75) is 57.6 Å². The van der Waals surface area contributed by atoms with E-state index in [4.69, 9.17) is 14.8 Å². The molecule has 0 bridgehead atoms. The van der Waals surface area contributed by atoms with Crippen LogP contribution in [-0.2, 0) is 4.74 Å². The summed E-state index contributed by atoms with van der Waals surface area (Å²) in [6, 6.07) is 7.82. The zero-order valence-electron chi connectivity index (χ0n) is 20.8. The van der Waals surface area contributed by atoms with E-state index >= 15 is 0 Å². The van der Waals surface area contributed by atoms with Crippen molar-refractivity contribution in [1.82, 2.24) is 24.6 Å². The number of benzene rings is 1. The van der Waals surface area contributed by atoms with Crippen molar-refractivity contribution in [1.29, 1.82) is 0 Å². The number of ether oxygens (including phenoxy) is 1. The van der Waals surface area contributed by atoms with Crippen molar-refractivity contribution in [2.24, 2.45) is 0 Å². The number of hydrogen-bond donors (Lipinski definition) is 3. The van der Waals surface area contributed by atoms with Crippen LogP contribution >= 0.6 is 0 Å². The van der Waals surface area contributed by atoms with Gasteiger partial charge >= 0.3 is 6.03 Å². The Kier molecular flexibility index (Phi) is 7.62. The van der Waals surface area contributed by atoms with Gasteiger partial charge in [-0.25, -0.2) is 14.5 Å². The number of carbonyl (C=O) groups excluding carboxylic acids is 1. The number of carbonyl (C=O) groups is 1. The van der Waals surface area contributed by atoms with Crippen LogP contribution in [0.25, 0.3) is 22.3 Å². The van der Waals surface area contributed by atoms with Crippen molar-refractivity contribution in [3.05, 3.63) is 30.5 Å². The molecule has 192 valence electrons. The number of aliphatic hydroxyl groups is 1. The number of rotatable bonds is 7. The highest BCUT2D eigenvalue weighted by molar-refractivity contribution is 5.93. The molecule has 5 rings (SSSR count). The number of unbranched alkanes of at least 4 members (excludes halogenated alkanes) is 1. The molecular formula is C26H35N7O3. The first-order chi connectivity index (χ1) is 17.6. The maximum absolute atomic E-state index is 12.5. The number of amides is 2. The third kappa shape index (κ3) is 5.44. The van der Waals surface area contributed by atoms with Gasteiger partial charge in [0.2, 0.25) is 5.95 Å². The third-order valence-corrected chi connectivity index (χ3v) is 6.98. The lowest BCUT2D eigenvalue weighted by molar-refractivity contribution is 0.0564. The number of aromatic nitrogens is 4. The Balaban J connectivity index is 1.41. The molecule has 0 spiro atoms. The molecule has 1 aliphatic heterocycles. The Morgan fingerprint density at radius 2 is 1.89 bits per heavy atom. The van der Waals surface area contributed by atoms with Crippen LogP contribution < -0.4 is 10.6 Å². The van der Waals surface area contributed by atoms with E-state index in [-0.39, 0.29) is 18.2 Å². The molecule has 3 N–H and O–H groups in total. The lowest BCUT2D eigenvalue weighted by Gasteiger charge is -2.26. The lowest BCUT2D eigenvalue weighted by Crippen LogP contribution is -2.43. The minimum absolute atomic E-state index is 0.114. The van der Waals surface area contributed by atoms with E-state index in [9.17, 15) is 9.90 Å². The minimum Gasteiger partial charge on any atom is -0.393 e. The first-order valence-electron chi connectivity index (χ1n) is 13.0. The van der Waals surface area contributed by atoms with Crippen LogP contribution in [0.4, 0.5) is 16.4 Å². The molecule has 1 saturated heterocycles. The SMILES string of the molecule is CCCCNc1ncc2c(-c3ccc(NC(=O)N4CCOCC4)cc3)nn([C@H]3CC[C@@H](O)CC3)c2n1. The Hall–Kier alpha value is -3.24. The first-order valence-corrected chi connectivity index (χ1v) is 13.0. The average Bonchev–Trinajstić information content (AvgIpc) is 3.29. The molecule has 1 aliphatic carbocycles. The molecule has 3 heterocycles. The fraction of sp³-hybridized carbons (Fsp3) is 0.538. The highest BCUT2D eigenvalue weighted by atomic mass is 16.5. The summed E-state index contributed by atoms with van der Waals surface area (Å²) in [7, 11) is 0. The van der Waals surface area contributed by atoms with Gasteiger partial charge in [-0.1, -0.05) is 25.5 Å². The molecule has 2 amide bonds. The Bertz CT molecular complexity index is 1170. The van der Waals surface area contributed by atoms with E-state index in [0.717, 1.165) is 73.0 Å². The lowest BCUT2D eigenvalue weighted by atomic mass is 9.93. The summed E-state index contributed by atoms with van der Waals surface area (Å²) < 4.78 is 7.35. The second-order valence-electron chi connectivity index (χ2n) is 9.57. The molecule has 10 nitrogen and oxygen atoms in total. The van der Waals surface area contributed by atoms with Crippen molar-refractivity contribution in [3.8, 4) is 11.3 Å². The van der Waals surface area contributed by atoms with E-state index in [2.05, 4.69) is 22.5 Å². The van der Waals surface area contributed by atoms with Gasteiger partial charge in [0.1, 0.15) is 5.69 Å². The van der Waals surface area contributed by atoms with E-state index in [0.29, 0.717) is 32.3 Å². The van der Waals surface area contributed by atoms with Gasteiger partial charge in [0.05, 0.1) is 30.7 Å². The molecule has 3 aromatic rings. The number of urea groups is 1. The number of nitrogens with zero attached hydrogens (tertiary/aromatic N) is 5. The van der Waals surface area contributed by atoms with Crippen LogP contribution in [0.5, 0.6) is 0 Å². The van der Waals surface area contributed by atoms with Crippen molar-refractivity contribution in [3.63, 3.8) is 0 Å². The van der Waals surface area contributed by atoms with Gasteiger partial charge in [0.15, 0.2) is 5.65 Å². The highest BCUT2D eigenvalue weighted by Crippen LogP contribution is 2.34. The maximum Gasteiger partial charge on any atom is 0.321 e. The van der Waals surface area contributed by atoms with Gasteiger partial charge in [-0.3, -0.25) is 0 Å². The van der Waals surface area contributed by atoms with Crippen molar-refractivity contribution in [2.75, 3.05) is 43.5 Å². The largest absolute Gasteiger partial charge is 0.393 e. The quantitative estimate of drug-likeness (QED) is 0.425. The Morgan fingerprint density at radius 1 is 1.14 bits per heavy atom. The first kappa shape index (κ1) is 24.5. The third-order valence-electron chi connectivity index (χ3n) is 6.98. The fourth-order valence-corrected chi connectivity index (χ4v) is 4.84. The second kappa shape index (κ2) is 11.2. The zero-order valence-corrected chi connectivity index (χ0v) is 20.8. The summed E-state index contributed by atoms with van der Waals surface area (Å²) in [5, 5.41) is 22.2.